The van der Waals surface area contributed by atoms with Crippen LogP contribution in [0.5, 0.6) is 0 Å². The molecule has 0 unspecified atom stereocenters. The first-order valence-corrected chi connectivity index (χ1v) is 8.85. The Morgan fingerprint density at radius 1 is 0.824 bits per heavy atom. The molecule has 4 N–H and O–H groups in total. The lowest BCUT2D eigenvalue weighted by molar-refractivity contribution is 0.177. The van der Waals surface area contributed by atoms with Crippen molar-refractivity contribution in [2.45, 2.75) is 13.1 Å². The van der Waals surface area contributed by atoms with Gasteiger partial charge in [0, 0.05) is 39.4 Å². The molecule has 0 rings (SSSR count). The van der Waals surface area contributed by atoms with E-state index >= 15 is 0 Å². The van der Waals surface area contributed by atoms with Crippen LogP contribution >= 0.6 is 0 Å². The number of hydrogen-bond donors (Lipinski definition) is 4. The lowest BCUT2D eigenvalue weighted by Crippen LogP contribution is -2.39. The topological polar surface area (TPSA) is 83.0 Å². The third-order valence-corrected chi connectivity index (χ3v) is 3.83. The van der Waals surface area contributed by atoms with Gasteiger partial charge < -0.3 is 29.7 Å². The third kappa shape index (κ3) is 12.2. The Labute approximate surface area is 105 Å². The molecule has 0 radical (unpaired) electrons. The van der Waals surface area contributed by atoms with Crippen molar-refractivity contribution in [1.82, 2.24) is 10.6 Å². The maximum atomic E-state index is 8.57. The second-order valence-corrected chi connectivity index (χ2v) is 7.42. The monoisotopic (exact) mass is 266 g/mol. The molecule has 0 atom stereocenters. The van der Waals surface area contributed by atoms with Crippen LogP contribution in [0.1, 0.15) is 0 Å². The molecule has 104 valence electrons. The lowest BCUT2D eigenvalue weighted by Gasteiger charge is -2.23. The summed E-state index contributed by atoms with van der Waals surface area (Å²) in [6, 6.07) is 0. The first kappa shape index (κ1) is 17.0. The van der Waals surface area contributed by atoms with Gasteiger partial charge in [0.15, 0.2) is 0 Å². The minimum Gasteiger partial charge on any atom is -0.395 e. The van der Waals surface area contributed by atoms with Gasteiger partial charge in [0.2, 0.25) is 0 Å². The summed E-state index contributed by atoms with van der Waals surface area (Å²) in [5.41, 5.74) is 0. The van der Waals surface area contributed by atoms with E-state index < -0.39 is 8.56 Å². The van der Waals surface area contributed by atoms with Gasteiger partial charge in [-0.1, -0.05) is 0 Å². The zero-order chi connectivity index (χ0) is 13.0. The van der Waals surface area contributed by atoms with Gasteiger partial charge in [-0.25, -0.2) is 0 Å². The minimum absolute atomic E-state index is 0.147. The Balaban J connectivity index is 3.38. The van der Waals surface area contributed by atoms with Crippen molar-refractivity contribution >= 4 is 8.56 Å². The third-order valence-electron chi connectivity index (χ3n) is 2.03. The molecule has 0 spiro atoms. The van der Waals surface area contributed by atoms with Crippen LogP contribution in [0.3, 0.4) is 0 Å². The van der Waals surface area contributed by atoms with Crippen molar-refractivity contribution in [3.63, 3.8) is 0 Å². The van der Waals surface area contributed by atoms with Crippen molar-refractivity contribution in [3.8, 4) is 0 Å². The Kier molecular flexibility index (Phi) is 11.1. The van der Waals surface area contributed by atoms with Gasteiger partial charge in [0.05, 0.1) is 13.2 Å². The molecule has 0 aromatic rings. The summed E-state index contributed by atoms with van der Waals surface area (Å²) in [6.45, 7) is 8.14. The van der Waals surface area contributed by atoms with Crippen molar-refractivity contribution in [3.05, 3.63) is 0 Å². The lowest BCUT2D eigenvalue weighted by atomic mass is 10.6. The quantitative estimate of drug-likeness (QED) is 0.265. The molecular formula is C10H26N2O4Si. The summed E-state index contributed by atoms with van der Waals surface area (Å²) in [7, 11) is -2.03. The molecule has 0 aliphatic rings. The van der Waals surface area contributed by atoms with Crippen molar-refractivity contribution in [2.75, 3.05) is 52.6 Å². The highest BCUT2D eigenvalue weighted by Crippen LogP contribution is 2.04. The molecule has 0 heterocycles. The van der Waals surface area contributed by atoms with Crippen LogP contribution in [0.25, 0.3) is 0 Å². The zero-order valence-electron chi connectivity index (χ0n) is 10.9. The molecule has 0 amide bonds. The number of nitrogens with one attached hydrogen (secondary N) is 2. The fraction of sp³-hybridized carbons (Fsp3) is 1.00. The molecule has 7 heteroatoms. The van der Waals surface area contributed by atoms with E-state index in [2.05, 4.69) is 10.6 Å². The Hall–Kier alpha value is -0.0231. The maximum Gasteiger partial charge on any atom is 0.331 e. The molecule has 0 fully saturated rings. The minimum atomic E-state index is -2.03. The van der Waals surface area contributed by atoms with E-state index in [0.717, 1.165) is 13.1 Å². The van der Waals surface area contributed by atoms with E-state index in [4.69, 9.17) is 19.1 Å². The number of aliphatic hydroxyl groups is 2. The normalized spacial score (nSPS) is 12.0. The Morgan fingerprint density at radius 2 is 1.24 bits per heavy atom. The number of aliphatic hydroxyl groups excluding tert-OH is 2. The summed E-state index contributed by atoms with van der Waals surface area (Å²) >= 11 is 0. The SMILES string of the molecule is C[Si](C)(OCCNCCO)OCCNCCO. The average molecular weight is 266 g/mol. The van der Waals surface area contributed by atoms with Gasteiger partial charge >= 0.3 is 8.56 Å². The van der Waals surface area contributed by atoms with Crippen LogP contribution < -0.4 is 10.6 Å². The molecule has 0 saturated heterocycles. The van der Waals surface area contributed by atoms with Gasteiger partial charge in [0.25, 0.3) is 0 Å². The first-order chi connectivity index (χ1) is 8.12. The summed E-state index contributed by atoms with van der Waals surface area (Å²) in [5.74, 6) is 0. The van der Waals surface area contributed by atoms with E-state index in [1.165, 1.54) is 0 Å². The Morgan fingerprint density at radius 3 is 1.59 bits per heavy atom. The van der Waals surface area contributed by atoms with Crippen LogP contribution in [-0.2, 0) is 8.85 Å². The highest BCUT2D eigenvalue weighted by molar-refractivity contribution is 6.64. The van der Waals surface area contributed by atoms with E-state index in [-0.39, 0.29) is 13.2 Å². The first-order valence-electron chi connectivity index (χ1n) is 6.03. The second-order valence-electron chi connectivity index (χ2n) is 4.04. The summed E-state index contributed by atoms with van der Waals surface area (Å²) < 4.78 is 11.4. The molecule has 6 nitrogen and oxygen atoms in total. The van der Waals surface area contributed by atoms with Gasteiger partial charge in [-0.05, 0) is 13.1 Å². The zero-order valence-corrected chi connectivity index (χ0v) is 11.9. The standard InChI is InChI=1S/C10H26N2O4Si/c1-17(2,15-9-5-11-3-7-13)16-10-6-12-4-8-14/h11-14H,3-10H2,1-2H3. The molecule has 0 aromatic heterocycles. The van der Waals surface area contributed by atoms with Gasteiger partial charge in [-0.15, -0.1) is 0 Å². The molecule has 0 aromatic carbocycles. The van der Waals surface area contributed by atoms with Gasteiger partial charge in [-0.2, -0.15) is 0 Å². The molecule has 0 aliphatic heterocycles. The number of hydrogen-bond acceptors (Lipinski definition) is 6. The molecule has 0 saturated carbocycles. The van der Waals surface area contributed by atoms with Crippen LogP contribution in [0.2, 0.25) is 13.1 Å². The summed E-state index contributed by atoms with van der Waals surface area (Å²) in [6.07, 6.45) is 0. The smallest absolute Gasteiger partial charge is 0.331 e. The Bertz CT molecular complexity index is 156. The van der Waals surface area contributed by atoms with E-state index in [0.29, 0.717) is 26.3 Å². The summed E-state index contributed by atoms with van der Waals surface area (Å²) in [5, 5.41) is 23.2. The average Bonchev–Trinajstić information content (AvgIpc) is 2.28. The van der Waals surface area contributed by atoms with Gasteiger partial charge in [0.1, 0.15) is 0 Å². The van der Waals surface area contributed by atoms with Crippen LogP contribution in [0.15, 0.2) is 0 Å². The summed E-state index contributed by atoms with van der Waals surface area (Å²) in [4.78, 5) is 0. The number of rotatable bonds is 12. The second kappa shape index (κ2) is 11.1. The van der Waals surface area contributed by atoms with Crippen LogP contribution in [0.4, 0.5) is 0 Å². The molecule has 17 heavy (non-hydrogen) atoms. The van der Waals surface area contributed by atoms with Crippen molar-refractivity contribution in [1.29, 1.82) is 0 Å². The predicted molar refractivity (Wildman–Crippen MR) is 69.3 cm³/mol. The maximum absolute atomic E-state index is 8.57. The molecule has 0 bridgehead atoms. The largest absolute Gasteiger partial charge is 0.395 e. The fourth-order valence-corrected chi connectivity index (χ4v) is 2.46. The van der Waals surface area contributed by atoms with E-state index in [9.17, 15) is 0 Å². The van der Waals surface area contributed by atoms with E-state index in [1.807, 2.05) is 13.1 Å². The van der Waals surface area contributed by atoms with Crippen molar-refractivity contribution < 1.29 is 19.1 Å². The molecule has 0 aliphatic carbocycles. The van der Waals surface area contributed by atoms with E-state index in [1.54, 1.807) is 0 Å². The van der Waals surface area contributed by atoms with Gasteiger partial charge in [-0.3, -0.25) is 0 Å². The van der Waals surface area contributed by atoms with Crippen LogP contribution in [0, 0.1) is 0 Å². The van der Waals surface area contributed by atoms with Crippen molar-refractivity contribution in [2.24, 2.45) is 0 Å². The fourth-order valence-electron chi connectivity index (χ4n) is 1.19. The predicted octanol–water partition coefficient (Wildman–Crippen LogP) is -1.11. The molecular weight excluding hydrogens is 240 g/mol. The van der Waals surface area contributed by atoms with Crippen LogP contribution in [-0.4, -0.2) is 71.4 Å². The highest BCUT2D eigenvalue weighted by Gasteiger charge is 2.23. The highest BCUT2D eigenvalue weighted by atomic mass is 28.4.